The fraction of sp³-hybridized carbons (Fsp3) is 0.444. The topological polar surface area (TPSA) is 90.5 Å². The number of nitrogens with one attached hydrogen (secondary N) is 3. The maximum Gasteiger partial charge on any atom is 0.253 e. The molecule has 7 nitrogen and oxygen atoms in total. The highest BCUT2D eigenvalue weighted by molar-refractivity contribution is 5.96. The van der Waals surface area contributed by atoms with E-state index in [1.807, 2.05) is 17.0 Å². The number of carbonyl (C=O) groups excluding carboxylic acids is 3. The van der Waals surface area contributed by atoms with Crippen LogP contribution in [0.1, 0.15) is 69.7 Å². The third kappa shape index (κ3) is 9.25. The predicted octanol–water partition coefficient (Wildman–Crippen LogP) is 5.52. The molecule has 0 aliphatic rings. The molecule has 0 fully saturated rings. The predicted molar refractivity (Wildman–Crippen MR) is 139 cm³/mol. The minimum Gasteiger partial charge on any atom is -0.376 e. The Balaban J connectivity index is 1.85. The van der Waals surface area contributed by atoms with E-state index in [0.717, 1.165) is 50.9 Å². The Kier molecular flexibility index (Phi) is 11.7. The van der Waals surface area contributed by atoms with Crippen molar-refractivity contribution in [3.8, 4) is 0 Å². The minimum absolute atomic E-state index is 0.0203. The Morgan fingerprint density at radius 1 is 0.735 bits per heavy atom. The lowest BCUT2D eigenvalue weighted by Gasteiger charge is -2.21. The van der Waals surface area contributed by atoms with Crippen LogP contribution in [-0.4, -0.2) is 42.3 Å². The number of carbonyl (C=O) groups is 3. The average molecular weight is 467 g/mol. The first-order chi connectivity index (χ1) is 16.5. The fourth-order valence-electron chi connectivity index (χ4n) is 3.59. The summed E-state index contributed by atoms with van der Waals surface area (Å²) in [4.78, 5) is 38.9. The Morgan fingerprint density at radius 2 is 1.35 bits per heavy atom. The van der Waals surface area contributed by atoms with Crippen LogP contribution in [0.25, 0.3) is 0 Å². The number of benzene rings is 2. The lowest BCUT2D eigenvalue weighted by Crippen LogP contribution is -2.32. The molecular formula is C27H38N4O3. The van der Waals surface area contributed by atoms with Crippen molar-refractivity contribution < 1.29 is 14.4 Å². The number of unbranched alkanes of at least 4 members (excludes halogenated alkanes) is 2. The molecule has 0 aromatic heterocycles. The molecule has 0 atom stereocenters. The smallest absolute Gasteiger partial charge is 0.253 e. The van der Waals surface area contributed by atoms with Gasteiger partial charge in [0.05, 0.1) is 6.54 Å². The molecule has 0 bridgehead atoms. The van der Waals surface area contributed by atoms with Gasteiger partial charge in [-0.2, -0.15) is 0 Å². The second-order valence-corrected chi connectivity index (χ2v) is 8.36. The minimum atomic E-state index is -0.205. The van der Waals surface area contributed by atoms with Gasteiger partial charge in [-0.15, -0.1) is 0 Å². The third-order valence-electron chi connectivity index (χ3n) is 5.30. The summed E-state index contributed by atoms with van der Waals surface area (Å²) in [5.74, 6) is -0.193. The molecule has 0 aliphatic heterocycles. The summed E-state index contributed by atoms with van der Waals surface area (Å²) in [5, 5.41) is 8.79. The van der Waals surface area contributed by atoms with E-state index in [2.05, 4.69) is 36.7 Å². The molecule has 0 aliphatic carbocycles. The van der Waals surface area contributed by atoms with Gasteiger partial charge in [0.25, 0.3) is 5.91 Å². The van der Waals surface area contributed by atoms with Crippen molar-refractivity contribution in [1.29, 1.82) is 0 Å². The number of rotatable bonds is 14. The van der Waals surface area contributed by atoms with E-state index in [9.17, 15) is 14.4 Å². The molecule has 0 spiro atoms. The van der Waals surface area contributed by atoms with Crippen LogP contribution in [0.3, 0.4) is 0 Å². The van der Waals surface area contributed by atoms with E-state index in [1.54, 1.807) is 36.4 Å². The summed E-state index contributed by atoms with van der Waals surface area (Å²) in [6, 6.07) is 14.3. The van der Waals surface area contributed by atoms with Crippen molar-refractivity contribution in [2.45, 2.75) is 59.3 Å². The Morgan fingerprint density at radius 3 is 1.94 bits per heavy atom. The SMILES string of the molecule is CCCCCC(=O)Nc1cccc(NC(=O)CNc2ccc(C(=O)N(CCC)CCC)cc2)c1. The largest absolute Gasteiger partial charge is 0.376 e. The van der Waals surface area contributed by atoms with Crippen LogP contribution in [0.15, 0.2) is 48.5 Å². The van der Waals surface area contributed by atoms with Crippen molar-refractivity contribution in [3.63, 3.8) is 0 Å². The summed E-state index contributed by atoms with van der Waals surface area (Å²) in [5.41, 5.74) is 2.68. The van der Waals surface area contributed by atoms with Gasteiger partial charge in [0.1, 0.15) is 0 Å². The molecular weight excluding hydrogens is 428 g/mol. The molecule has 2 rings (SSSR count). The summed E-state index contributed by atoms with van der Waals surface area (Å²) < 4.78 is 0. The first-order valence-electron chi connectivity index (χ1n) is 12.3. The second-order valence-electron chi connectivity index (χ2n) is 8.36. The lowest BCUT2D eigenvalue weighted by atomic mass is 10.1. The van der Waals surface area contributed by atoms with Gasteiger partial charge in [0.15, 0.2) is 0 Å². The molecule has 0 saturated carbocycles. The Labute approximate surface area is 203 Å². The molecule has 2 aromatic rings. The van der Waals surface area contributed by atoms with E-state index in [1.165, 1.54) is 0 Å². The van der Waals surface area contributed by atoms with Crippen molar-refractivity contribution in [2.75, 3.05) is 35.6 Å². The number of anilines is 3. The molecule has 2 aromatic carbocycles. The summed E-state index contributed by atoms with van der Waals surface area (Å²) in [6.07, 6.45) is 5.32. The third-order valence-corrected chi connectivity index (χ3v) is 5.30. The van der Waals surface area contributed by atoms with E-state index in [-0.39, 0.29) is 24.3 Å². The van der Waals surface area contributed by atoms with Crippen molar-refractivity contribution >= 4 is 34.8 Å². The van der Waals surface area contributed by atoms with Crippen LogP contribution in [0.2, 0.25) is 0 Å². The molecule has 0 heterocycles. The normalized spacial score (nSPS) is 10.4. The highest BCUT2D eigenvalue weighted by atomic mass is 16.2. The van der Waals surface area contributed by atoms with Crippen molar-refractivity contribution in [3.05, 3.63) is 54.1 Å². The molecule has 3 amide bonds. The number of hydrogen-bond donors (Lipinski definition) is 3. The van der Waals surface area contributed by atoms with E-state index >= 15 is 0 Å². The molecule has 34 heavy (non-hydrogen) atoms. The van der Waals surface area contributed by atoms with Gasteiger partial charge in [0, 0.05) is 42.1 Å². The maximum atomic E-state index is 12.7. The molecule has 0 unspecified atom stereocenters. The van der Waals surface area contributed by atoms with Crippen molar-refractivity contribution in [1.82, 2.24) is 4.90 Å². The zero-order valence-electron chi connectivity index (χ0n) is 20.7. The van der Waals surface area contributed by atoms with Gasteiger partial charge in [-0.25, -0.2) is 0 Å². The Bertz CT molecular complexity index is 922. The molecule has 0 radical (unpaired) electrons. The van der Waals surface area contributed by atoms with Gasteiger partial charge in [0.2, 0.25) is 11.8 Å². The van der Waals surface area contributed by atoms with Crippen molar-refractivity contribution in [2.24, 2.45) is 0 Å². The monoisotopic (exact) mass is 466 g/mol. The van der Waals surface area contributed by atoms with Crippen LogP contribution < -0.4 is 16.0 Å². The maximum absolute atomic E-state index is 12.7. The van der Waals surface area contributed by atoms with Crippen LogP contribution in [0.5, 0.6) is 0 Å². The lowest BCUT2D eigenvalue weighted by molar-refractivity contribution is -0.116. The van der Waals surface area contributed by atoms with Crippen LogP contribution in [0, 0.1) is 0 Å². The van der Waals surface area contributed by atoms with Crippen LogP contribution >= 0.6 is 0 Å². The molecule has 184 valence electrons. The highest BCUT2D eigenvalue weighted by Gasteiger charge is 2.14. The van der Waals surface area contributed by atoms with Gasteiger partial charge in [-0.3, -0.25) is 14.4 Å². The molecule has 7 heteroatoms. The summed E-state index contributed by atoms with van der Waals surface area (Å²) in [6.45, 7) is 7.81. The zero-order valence-corrected chi connectivity index (χ0v) is 20.7. The van der Waals surface area contributed by atoms with E-state index in [0.29, 0.717) is 23.4 Å². The molecule has 0 saturated heterocycles. The van der Waals surface area contributed by atoms with Crippen LogP contribution in [-0.2, 0) is 9.59 Å². The van der Waals surface area contributed by atoms with Gasteiger partial charge in [-0.1, -0.05) is 39.7 Å². The first-order valence-corrected chi connectivity index (χ1v) is 12.3. The summed E-state index contributed by atoms with van der Waals surface area (Å²) >= 11 is 0. The van der Waals surface area contributed by atoms with Gasteiger partial charge in [-0.05, 0) is 61.7 Å². The number of hydrogen-bond acceptors (Lipinski definition) is 4. The van der Waals surface area contributed by atoms with Crippen LogP contribution in [0.4, 0.5) is 17.1 Å². The second kappa shape index (κ2) is 14.7. The van der Waals surface area contributed by atoms with Gasteiger partial charge < -0.3 is 20.9 Å². The number of nitrogens with zero attached hydrogens (tertiary/aromatic N) is 1. The zero-order chi connectivity index (χ0) is 24.8. The summed E-state index contributed by atoms with van der Waals surface area (Å²) in [7, 11) is 0. The quantitative estimate of drug-likeness (QED) is 0.320. The first kappa shape index (κ1) is 26.9. The van der Waals surface area contributed by atoms with E-state index < -0.39 is 0 Å². The van der Waals surface area contributed by atoms with Gasteiger partial charge >= 0.3 is 0 Å². The fourth-order valence-corrected chi connectivity index (χ4v) is 3.59. The highest BCUT2D eigenvalue weighted by Crippen LogP contribution is 2.16. The average Bonchev–Trinajstić information content (AvgIpc) is 2.83. The Hall–Kier alpha value is -3.35. The van der Waals surface area contributed by atoms with E-state index in [4.69, 9.17) is 0 Å². The number of amides is 3. The standard InChI is InChI=1S/C27H38N4O3/c1-4-7-8-12-25(32)29-23-10-9-11-24(19-23)30-26(33)20-28-22-15-13-21(14-16-22)27(34)31(17-5-2)18-6-3/h9-11,13-16,19,28H,4-8,12,17-18,20H2,1-3H3,(H,29,32)(H,30,33). The molecule has 3 N–H and O–H groups in total.